The Hall–Kier alpha value is -6.03. The smallest absolute Gasteiger partial charge is 0.407 e. The van der Waals surface area contributed by atoms with Gasteiger partial charge >= 0.3 is 12.2 Å². The largest absolute Gasteiger partial charge is 0.453 e. The number of carbonyl (C=O) groups is 4. The molecule has 4 amide bonds. The van der Waals surface area contributed by atoms with Gasteiger partial charge in [-0.15, -0.1) is 0 Å². The second-order valence-corrected chi connectivity index (χ2v) is 15.9. The Morgan fingerprint density at radius 2 is 1.42 bits per heavy atom. The van der Waals surface area contributed by atoms with Gasteiger partial charge in [-0.05, 0) is 91.8 Å². The van der Waals surface area contributed by atoms with E-state index in [1.54, 1.807) is 6.20 Å². The number of aromatic nitrogens is 5. The lowest BCUT2D eigenvalue weighted by atomic mass is 9.90. The number of amides is 4. The van der Waals surface area contributed by atoms with Crippen LogP contribution in [0.1, 0.15) is 76.1 Å². The maximum absolute atomic E-state index is 14.0. The van der Waals surface area contributed by atoms with Crippen molar-refractivity contribution in [1.29, 1.82) is 0 Å². The average Bonchev–Trinajstić information content (AvgIpc) is 4.10. The first-order chi connectivity index (χ1) is 28.6. The summed E-state index contributed by atoms with van der Waals surface area (Å²) in [5, 5.41) is 6.48. The molecule has 3 saturated heterocycles. The van der Waals surface area contributed by atoms with Crippen molar-refractivity contribution in [2.75, 3.05) is 40.5 Å². The van der Waals surface area contributed by atoms with Gasteiger partial charge in [0.2, 0.25) is 11.8 Å². The quantitative estimate of drug-likeness (QED) is 0.129. The second-order valence-electron chi connectivity index (χ2n) is 15.9. The molecule has 8 rings (SSSR count). The zero-order valence-electron chi connectivity index (χ0n) is 33.8. The van der Waals surface area contributed by atoms with E-state index >= 15 is 0 Å². The van der Waals surface area contributed by atoms with Crippen LogP contribution in [0, 0.1) is 11.8 Å². The van der Waals surface area contributed by atoms with E-state index in [1.807, 2.05) is 60.0 Å². The monoisotopic (exact) mass is 805 g/mol. The fourth-order valence-corrected chi connectivity index (χ4v) is 8.76. The molecule has 3 aliphatic rings. The van der Waals surface area contributed by atoms with Crippen molar-refractivity contribution in [2.45, 2.75) is 76.5 Å². The van der Waals surface area contributed by atoms with Crippen molar-refractivity contribution in [3.05, 3.63) is 66.4 Å². The third-order valence-electron chi connectivity index (χ3n) is 12.0. The van der Waals surface area contributed by atoms with Gasteiger partial charge in [-0.1, -0.05) is 32.0 Å². The van der Waals surface area contributed by atoms with Crippen LogP contribution in [0.5, 0.6) is 0 Å². The molecule has 4 N–H and O–H groups in total. The van der Waals surface area contributed by atoms with Crippen molar-refractivity contribution in [1.82, 2.24) is 45.4 Å². The number of fused-ring (bicyclic) bond motifs is 2. The number of H-pyrrole nitrogens is 2. The first kappa shape index (κ1) is 39.8. The van der Waals surface area contributed by atoms with Crippen LogP contribution in [0.25, 0.3) is 44.5 Å². The van der Waals surface area contributed by atoms with Crippen molar-refractivity contribution < 1.29 is 33.4 Å². The van der Waals surface area contributed by atoms with Crippen molar-refractivity contribution in [3.63, 3.8) is 0 Å². The summed E-state index contributed by atoms with van der Waals surface area (Å²) in [5.74, 6) is 0.980. The molecule has 4 atom stereocenters. The van der Waals surface area contributed by atoms with Crippen molar-refractivity contribution in [3.8, 4) is 22.5 Å². The standard InChI is InChI=1S/C43H51N9O7/c1-24(2)36(49-42(55)57-3)40(53)52-18-6-8-35(52)39-46-30-13-10-27(22-32(30)47-39)26-9-12-29-28(21-26)11-14-31(45-29)33-23-44-38(48-33)34-7-5-17-51(34)41(54)37(50-43(56)58-4)25-15-19-59-20-16-25/h9-14,21-25,34-37H,5-8,15-20H2,1-4H3,(H,44,48)(H,46,47)(H,49,55)(H,50,56)/t34-,35-,36-,37-/m0/s1. The van der Waals surface area contributed by atoms with Crippen molar-refractivity contribution >= 4 is 45.9 Å². The summed E-state index contributed by atoms with van der Waals surface area (Å²) in [5.41, 5.74) is 6.02. The van der Waals surface area contributed by atoms with E-state index < -0.39 is 24.3 Å². The molecule has 3 fully saturated rings. The highest BCUT2D eigenvalue weighted by atomic mass is 16.5. The normalized spacial score (nSPS) is 19.6. The molecule has 0 aliphatic carbocycles. The highest BCUT2D eigenvalue weighted by Gasteiger charge is 2.41. The number of hydrogen-bond acceptors (Lipinski definition) is 10. The van der Waals surface area contributed by atoms with E-state index in [1.165, 1.54) is 14.2 Å². The third kappa shape index (κ3) is 8.18. The molecular formula is C43H51N9O7. The van der Waals surface area contributed by atoms with Gasteiger partial charge < -0.3 is 44.6 Å². The molecule has 6 heterocycles. The number of likely N-dealkylation sites (tertiary alicyclic amines) is 2. The number of methoxy groups -OCH3 is 2. The summed E-state index contributed by atoms with van der Waals surface area (Å²) in [6, 6.07) is 14.4. The predicted molar refractivity (Wildman–Crippen MR) is 219 cm³/mol. The Morgan fingerprint density at radius 1 is 0.763 bits per heavy atom. The minimum atomic E-state index is -0.700. The number of imidazole rings is 2. The van der Waals surface area contributed by atoms with Gasteiger partial charge in [0, 0.05) is 31.7 Å². The molecule has 0 radical (unpaired) electrons. The summed E-state index contributed by atoms with van der Waals surface area (Å²) >= 11 is 0. The van der Waals surface area contributed by atoms with E-state index in [-0.39, 0.29) is 35.7 Å². The molecule has 2 aromatic carbocycles. The maximum atomic E-state index is 14.0. The van der Waals surface area contributed by atoms with Crippen LogP contribution in [0.2, 0.25) is 0 Å². The Morgan fingerprint density at radius 3 is 2.14 bits per heavy atom. The first-order valence-corrected chi connectivity index (χ1v) is 20.5. The lowest BCUT2D eigenvalue weighted by Crippen LogP contribution is -2.53. The molecule has 3 aliphatic heterocycles. The number of aromatic amines is 2. The topological polar surface area (TPSA) is 197 Å². The number of benzene rings is 2. The van der Waals surface area contributed by atoms with Crippen LogP contribution in [-0.2, 0) is 23.8 Å². The minimum Gasteiger partial charge on any atom is -0.453 e. The number of ether oxygens (including phenoxy) is 3. The van der Waals surface area contributed by atoms with E-state index in [2.05, 4.69) is 32.7 Å². The first-order valence-electron chi connectivity index (χ1n) is 20.5. The predicted octanol–water partition coefficient (Wildman–Crippen LogP) is 6.03. The fourth-order valence-electron chi connectivity index (χ4n) is 8.76. The van der Waals surface area contributed by atoms with Crippen LogP contribution >= 0.6 is 0 Å². The van der Waals surface area contributed by atoms with Crippen LogP contribution in [-0.4, -0.2) is 111 Å². The number of hydrogen-bond donors (Lipinski definition) is 4. The summed E-state index contributed by atoms with van der Waals surface area (Å²) < 4.78 is 15.2. The Balaban J connectivity index is 0.977. The lowest BCUT2D eigenvalue weighted by molar-refractivity contribution is -0.137. The number of alkyl carbamates (subject to hydrolysis) is 2. The number of nitrogens with zero attached hydrogens (tertiary/aromatic N) is 5. The van der Waals surface area contributed by atoms with Crippen LogP contribution in [0.15, 0.2) is 54.7 Å². The number of rotatable bonds is 10. The zero-order valence-corrected chi connectivity index (χ0v) is 33.8. The van der Waals surface area contributed by atoms with Gasteiger partial charge in [0.15, 0.2) is 0 Å². The zero-order chi connectivity index (χ0) is 41.2. The summed E-state index contributed by atoms with van der Waals surface area (Å²) in [6.07, 6.45) is 5.07. The molecule has 16 nitrogen and oxygen atoms in total. The molecular weight excluding hydrogens is 755 g/mol. The van der Waals surface area contributed by atoms with Gasteiger partial charge in [0.05, 0.1) is 60.4 Å². The highest BCUT2D eigenvalue weighted by Crippen LogP contribution is 2.36. The molecule has 3 aromatic heterocycles. The Kier molecular flexibility index (Phi) is 11.5. The second kappa shape index (κ2) is 17.1. The molecule has 0 unspecified atom stereocenters. The summed E-state index contributed by atoms with van der Waals surface area (Å²) in [7, 11) is 2.59. The number of pyridine rings is 1. The van der Waals surface area contributed by atoms with Gasteiger partial charge in [-0.2, -0.15) is 0 Å². The summed E-state index contributed by atoms with van der Waals surface area (Å²) in [6.45, 7) is 6.06. The molecule has 0 spiro atoms. The minimum absolute atomic E-state index is 0.0400. The Bertz CT molecular complexity index is 2350. The summed E-state index contributed by atoms with van der Waals surface area (Å²) in [4.78, 5) is 77.1. The number of nitrogens with one attached hydrogen (secondary N) is 4. The Labute approximate surface area is 341 Å². The van der Waals surface area contributed by atoms with Crippen LogP contribution in [0.4, 0.5) is 9.59 Å². The van der Waals surface area contributed by atoms with E-state index in [0.717, 1.165) is 76.0 Å². The number of carbonyl (C=O) groups excluding carboxylic acids is 4. The van der Waals surface area contributed by atoms with Gasteiger partial charge in [0.25, 0.3) is 0 Å². The van der Waals surface area contributed by atoms with E-state index in [4.69, 9.17) is 29.2 Å². The molecule has 16 heteroatoms. The van der Waals surface area contributed by atoms with Gasteiger partial charge in [0.1, 0.15) is 23.7 Å². The van der Waals surface area contributed by atoms with Crippen LogP contribution in [0.3, 0.4) is 0 Å². The molecule has 59 heavy (non-hydrogen) atoms. The SMILES string of the molecule is COC(=O)N[C@H](C(=O)N1CCC[C@H]1c1nc2ccc(-c3ccc4nc(-c5cnc([C@@H]6CCCN6C(=O)[C@@H](NC(=O)OC)C6CCOCC6)[nH]5)ccc4c3)cc2[nH]1)C(C)C. The van der Waals surface area contributed by atoms with E-state index in [0.29, 0.717) is 45.0 Å². The van der Waals surface area contributed by atoms with Gasteiger partial charge in [-0.3, -0.25) is 9.59 Å². The lowest BCUT2D eigenvalue weighted by Gasteiger charge is -2.34. The molecule has 5 aromatic rings. The fraction of sp³-hybridized carbons (Fsp3) is 0.465. The van der Waals surface area contributed by atoms with Crippen LogP contribution < -0.4 is 10.6 Å². The average molecular weight is 806 g/mol. The highest BCUT2D eigenvalue weighted by molar-refractivity contribution is 5.90. The van der Waals surface area contributed by atoms with Gasteiger partial charge in [-0.25, -0.2) is 24.5 Å². The maximum Gasteiger partial charge on any atom is 0.407 e. The molecule has 310 valence electrons. The molecule has 0 saturated carbocycles. The molecule has 0 bridgehead atoms. The van der Waals surface area contributed by atoms with E-state index in [9.17, 15) is 19.2 Å². The van der Waals surface area contributed by atoms with Crippen molar-refractivity contribution in [2.24, 2.45) is 11.8 Å². The third-order valence-corrected chi connectivity index (χ3v) is 12.0.